The van der Waals surface area contributed by atoms with Crippen LogP contribution in [-0.4, -0.2) is 23.4 Å². The van der Waals surface area contributed by atoms with E-state index >= 15 is 0 Å². The van der Waals surface area contributed by atoms with Gasteiger partial charge in [-0.05, 0) is 61.0 Å². The zero-order valence-electron chi connectivity index (χ0n) is 16.1. The molecule has 0 fully saturated rings. The standard InChI is InChI=1S/C23H22FN3O2/c1-2-27(16-17-7-6-8-19(24)15-17)23(29)26-21-13-11-18(12-14-21)22(28)25-20-9-4-3-5-10-20/h3-15H,2,16H2,1H3,(H,25,28)(H,26,29). The van der Waals surface area contributed by atoms with E-state index in [1.165, 1.54) is 12.1 Å². The summed E-state index contributed by atoms with van der Waals surface area (Å²) in [6, 6.07) is 21.7. The molecule has 0 heterocycles. The average Bonchev–Trinajstić information content (AvgIpc) is 2.73. The summed E-state index contributed by atoms with van der Waals surface area (Å²) in [7, 11) is 0. The minimum atomic E-state index is -0.330. The molecule has 3 aromatic carbocycles. The van der Waals surface area contributed by atoms with Crippen LogP contribution in [0.5, 0.6) is 0 Å². The van der Waals surface area contributed by atoms with Crippen molar-refractivity contribution in [2.75, 3.05) is 17.2 Å². The van der Waals surface area contributed by atoms with E-state index in [2.05, 4.69) is 10.6 Å². The van der Waals surface area contributed by atoms with Crippen molar-refractivity contribution in [1.82, 2.24) is 4.90 Å². The first-order chi connectivity index (χ1) is 14.0. The van der Waals surface area contributed by atoms with Gasteiger partial charge in [0, 0.05) is 30.0 Å². The predicted octanol–water partition coefficient (Wildman–Crippen LogP) is 5.13. The van der Waals surface area contributed by atoms with Crippen molar-refractivity contribution in [3.8, 4) is 0 Å². The molecular formula is C23H22FN3O2. The van der Waals surface area contributed by atoms with E-state index in [9.17, 15) is 14.0 Å². The molecule has 0 saturated heterocycles. The topological polar surface area (TPSA) is 61.4 Å². The highest BCUT2D eigenvalue weighted by atomic mass is 19.1. The molecule has 148 valence electrons. The van der Waals surface area contributed by atoms with Gasteiger partial charge in [0.15, 0.2) is 0 Å². The third-order valence-corrected chi connectivity index (χ3v) is 4.36. The summed E-state index contributed by atoms with van der Waals surface area (Å²) in [6.07, 6.45) is 0. The second-order valence-electron chi connectivity index (χ2n) is 6.47. The highest BCUT2D eigenvalue weighted by Crippen LogP contribution is 2.14. The van der Waals surface area contributed by atoms with Crippen LogP contribution in [0.25, 0.3) is 0 Å². The first kappa shape index (κ1) is 20.1. The minimum absolute atomic E-state index is 0.227. The van der Waals surface area contributed by atoms with Crippen LogP contribution in [0.15, 0.2) is 78.9 Å². The molecule has 5 nitrogen and oxygen atoms in total. The molecule has 0 aliphatic rings. The molecule has 2 N–H and O–H groups in total. The molecule has 3 rings (SSSR count). The molecule has 0 radical (unpaired) electrons. The summed E-state index contributed by atoms with van der Waals surface area (Å²) in [5.41, 5.74) is 2.49. The molecular weight excluding hydrogens is 369 g/mol. The number of halogens is 1. The normalized spacial score (nSPS) is 10.3. The first-order valence-corrected chi connectivity index (χ1v) is 9.32. The molecule has 3 aromatic rings. The van der Waals surface area contributed by atoms with Gasteiger partial charge >= 0.3 is 6.03 Å². The lowest BCUT2D eigenvalue weighted by molar-refractivity contribution is 0.102. The minimum Gasteiger partial charge on any atom is -0.322 e. The Labute approximate surface area is 169 Å². The summed E-state index contributed by atoms with van der Waals surface area (Å²) >= 11 is 0. The summed E-state index contributed by atoms with van der Waals surface area (Å²) in [6.45, 7) is 2.63. The number of benzene rings is 3. The maximum Gasteiger partial charge on any atom is 0.322 e. The van der Waals surface area contributed by atoms with Crippen LogP contribution in [0.4, 0.5) is 20.6 Å². The second-order valence-corrected chi connectivity index (χ2v) is 6.47. The van der Waals surface area contributed by atoms with Gasteiger partial charge in [-0.2, -0.15) is 0 Å². The summed E-state index contributed by atoms with van der Waals surface area (Å²) in [5, 5.41) is 5.62. The van der Waals surface area contributed by atoms with Gasteiger partial charge in [0.25, 0.3) is 5.91 Å². The lowest BCUT2D eigenvalue weighted by Gasteiger charge is -2.21. The number of nitrogens with one attached hydrogen (secondary N) is 2. The van der Waals surface area contributed by atoms with Gasteiger partial charge in [-0.3, -0.25) is 4.79 Å². The molecule has 0 atom stereocenters. The first-order valence-electron chi connectivity index (χ1n) is 9.32. The van der Waals surface area contributed by atoms with Gasteiger partial charge in [0.05, 0.1) is 0 Å². The van der Waals surface area contributed by atoms with E-state index in [4.69, 9.17) is 0 Å². The summed E-state index contributed by atoms with van der Waals surface area (Å²) < 4.78 is 13.4. The number of urea groups is 1. The van der Waals surface area contributed by atoms with Crippen molar-refractivity contribution < 1.29 is 14.0 Å². The smallest absolute Gasteiger partial charge is 0.322 e. The van der Waals surface area contributed by atoms with Crippen LogP contribution >= 0.6 is 0 Å². The molecule has 0 saturated carbocycles. The fourth-order valence-corrected chi connectivity index (χ4v) is 2.82. The van der Waals surface area contributed by atoms with Crippen molar-refractivity contribution in [1.29, 1.82) is 0 Å². The monoisotopic (exact) mass is 391 g/mol. The van der Waals surface area contributed by atoms with Crippen LogP contribution in [0, 0.1) is 5.82 Å². The van der Waals surface area contributed by atoms with Crippen molar-refractivity contribution in [2.45, 2.75) is 13.5 Å². The van der Waals surface area contributed by atoms with Crippen LogP contribution in [-0.2, 0) is 6.54 Å². The van der Waals surface area contributed by atoms with Gasteiger partial charge in [0.2, 0.25) is 0 Å². The van der Waals surface area contributed by atoms with Gasteiger partial charge in [-0.25, -0.2) is 9.18 Å². The largest absolute Gasteiger partial charge is 0.322 e. The van der Waals surface area contributed by atoms with E-state index in [-0.39, 0.29) is 17.8 Å². The molecule has 0 spiro atoms. The number of para-hydroxylation sites is 1. The molecule has 0 bridgehead atoms. The number of amides is 3. The number of hydrogen-bond donors (Lipinski definition) is 2. The Morgan fingerprint density at radius 1 is 0.862 bits per heavy atom. The van der Waals surface area contributed by atoms with Gasteiger partial charge < -0.3 is 15.5 Å². The van der Waals surface area contributed by atoms with Crippen molar-refractivity contribution in [3.05, 3.63) is 95.8 Å². The molecule has 0 aliphatic heterocycles. The molecule has 0 aliphatic carbocycles. The highest BCUT2D eigenvalue weighted by molar-refractivity contribution is 6.04. The van der Waals surface area contributed by atoms with E-state index < -0.39 is 0 Å². The third kappa shape index (κ3) is 5.65. The van der Waals surface area contributed by atoms with E-state index in [1.54, 1.807) is 41.3 Å². The average molecular weight is 391 g/mol. The second kappa shape index (κ2) is 9.50. The van der Waals surface area contributed by atoms with Crippen molar-refractivity contribution in [3.63, 3.8) is 0 Å². The fraction of sp³-hybridized carbons (Fsp3) is 0.130. The van der Waals surface area contributed by atoms with Gasteiger partial charge in [0.1, 0.15) is 5.82 Å². The Hall–Kier alpha value is -3.67. The lowest BCUT2D eigenvalue weighted by Crippen LogP contribution is -2.34. The van der Waals surface area contributed by atoms with Crippen molar-refractivity contribution >= 4 is 23.3 Å². The van der Waals surface area contributed by atoms with Gasteiger partial charge in [-0.1, -0.05) is 30.3 Å². The van der Waals surface area contributed by atoms with Crippen LogP contribution in [0.3, 0.4) is 0 Å². The third-order valence-electron chi connectivity index (χ3n) is 4.36. The van der Waals surface area contributed by atoms with Crippen LogP contribution in [0.2, 0.25) is 0 Å². The maximum absolute atomic E-state index is 13.4. The Balaban J connectivity index is 1.60. The number of nitrogens with zero attached hydrogens (tertiary/aromatic N) is 1. The predicted molar refractivity (Wildman–Crippen MR) is 112 cm³/mol. The maximum atomic E-state index is 13.4. The van der Waals surface area contributed by atoms with Gasteiger partial charge in [-0.15, -0.1) is 0 Å². The molecule has 0 unspecified atom stereocenters. The number of anilines is 2. The Morgan fingerprint density at radius 3 is 2.21 bits per heavy atom. The Kier molecular flexibility index (Phi) is 6.58. The lowest BCUT2D eigenvalue weighted by atomic mass is 10.2. The number of hydrogen-bond acceptors (Lipinski definition) is 2. The quantitative estimate of drug-likeness (QED) is 0.612. The molecule has 6 heteroatoms. The molecule has 3 amide bonds. The molecule has 29 heavy (non-hydrogen) atoms. The zero-order chi connectivity index (χ0) is 20.6. The van der Waals surface area contributed by atoms with E-state index in [0.717, 1.165) is 5.56 Å². The van der Waals surface area contributed by atoms with E-state index in [1.807, 2.05) is 37.3 Å². The van der Waals surface area contributed by atoms with Crippen LogP contribution < -0.4 is 10.6 Å². The zero-order valence-corrected chi connectivity index (χ0v) is 16.1. The summed E-state index contributed by atoms with van der Waals surface area (Å²) in [5.74, 6) is -0.557. The van der Waals surface area contributed by atoms with Crippen LogP contribution in [0.1, 0.15) is 22.8 Å². The number of carbonyl (C=O) groups is 2. The summed E-state index contributed by atoms with van der Waals surface area (Å²) in [4.78, 5) is 26.4. The Morgan fingerprint density at radius 2 is 1.55 bits per heavy atom. The fourth-order valence-electron chi connectivity index (χ4n) is 2.82. The van der Waals surface area contributed by atoms with E-state index in [0.29, 0.717) is 30.0 Å². The SMILES string of the molecule is CCN(Cc1cccc(F)c1)C(=O)Nc1ccc(C(=O)Nc2ccccc2)cc1. The molecule has 0 aromatic heterocycles. The highest BCUT2D eigenvalue weighted by Gasteiger charge is 2.13. The number of rotatable bonds is 6. The van der Waals surface area contributed by atoms with Crippen molar-refractivity contribution in [2.24, 2.45) is 0 Å². The number of carbonyl (C=O) groups excluding carboxylic acids is 2. The Bertz CT molecular complexity index is 975.